The largest absolute Gasteiger partial charge is 0.383 e. The van der Waals surface area contributed by atoms with Crippen molar-refractivity contribution in [3.05, 3.63) is 53.5 Å². The molecule has 4 heteroatoms. The third kappa shape index (κ3) is 2.01. The van der Waals surface area contributed by atoms with Crippen molar-refractivity contribution in [3.63, 3.8) is 0 Å². The zero-order chi connectivity index (χ0) is 11.5. The van der Waals surface area contributed by atoms with Crippen molar-refractivity contribution in [2.45, 2.75) is 13.0 Å². The van der Waals surface area contributed by atoms with E-state index in [2.05, 4.69) is 9.97 Å². The fourth-order valence-electron chi connectivity index (χ4n) is 1.48. The van der Waals surface area contributed by atoms with Crippen molar-refractivity contribution in [2.24, 2.45) is 0 Å². The molecule has 0 spiro atoms. The van der Waals surface area contributed by atoms with Crippen LogP contribution >= 0.6 is 0 Å². The number of nitrogen functional groups attached to an aromatic ring is 1. The lowest BCUT2D eigenvalue weighted by molar-refractivity contribution is 0.220. The number of anilines is 1. The minimum atomic E-state index is -0.776. The molecular formula is C12H13N3O. The second kappa shape index (κ2) is 4.28. The van der Waals surface area contributed by atoms with E-state index in [1.54, 1.807) is 24.5 Å². The van der Waals surface area contributed by atoms with Gasteiger partial charge in [0.2, 0.25) is 0 Å². The molecule has 2 heterocycles. The molecule has 0 amide bonds. The lowest BCUT2D eigenvalue weighted by Gasteiger charge is -2.12. The van der Waals surface area contributed by atoms with E-state index < -0.39 is 6.10 Å². The normalized spacial score (nSPS) is 12.4. The van der Waals surface area contributed by atoms with Gasteiger partial charge in [-0.25, -0.2) is 4.98 Å². The zero-order valence-corrected chi connectivity index (χ0v) is 8.96. The van der Waals surface area contributed by atoms with Gasteiger partial charge in [0.05, 0.1) is 0 Å². The highest BCUT2D eigenvalue weighted by molar-refractivity contribution is 5.43. The van der Waals surface area contributed by atoms with Crippen molar-refractivity contribution in [2.75, 3.05) is 5.73 Å². The minimum Gasteiger partial charge on any atom is -0.383 e. The summed E-state index contributed by atoms with van der Waals surface area (Å²) in [6.45, 7) is 1.90. The number of aromatic nitrogens is 2. The first-order chi connectivity index (χ1) is 7.68. The number of hydrogen-bond donors (Lipinski definition) is 2. The number of aryl methyl sites for hydroxylation is 1. The highest BCUT2D eigenvalue weighted by Gasteiger charge is 2.13. The lowest BCUT2D eigenvalue weighted by Crippen LogP contribution is -2.05. The molecule has 2 aromatic heterocycles. The molecule has 1 unspecified atom stereocenters. The van der Waals surface area contributed by atoms with Gasteiger partial charge in [-0.2, -0.15) is 0 Å². The molecule has 3 N–H and O–H groups in total. The van der Waals surface area contributed by atoms with E-state index in [1.807, 2.05) is 19.1 Å². The van der Waals surface area contributed by atoms with Crippen molar-refractivity contribution in [1.29, 1.82) is 0 Å². The fraction of sp³-hybridized carbons (Fsp3) is 0.167. The first kappa shape index (κ1) is 10.6. The van der Waals surface area contributed by atoms with E-state index in [0.717, 1.165) is 5.69 Å². The number of nitrogens with zero attached hydrogens (tertiary/aromatic N) is 2. The van der Waals surface area contributed by atoms with Gasteiger partial charge in [-0.15, -0.1) is 0 Å². The van der Waals surface area contributed by atoms with Crippen LogP contribution in [0, 0.1) is 6.92 Å². The number of pyridine rings is 2. The first-order valence-electron chi connectivity index (χ1n) is 4.99. The summed E-state index contributed by atoms with van der Waals surface area (Å²) in [6.07, 6.45) is 2.47. The molecule has 0 aromatic carbocycles. The van der Waals surface area contributed by atoms with E-state index in [9.17, 15) is 5.11 Å². The predicted molar refractivity (Wildman–Crippen MR) is 61.7 cm³/mol. The SMILES string of the molecule is Cc1ccc(C(O)c2cccnc2N)cn1. The van der Waals surface area contributed by atoms with Gasteiger partial charge in [0.15, 0.2) is 0 Å². The Labute approximate surface area is 93.8 Å². The number of aliphatic hydroxyl groups excluding tert-OH is 1. The summed E-state index contributed by atoms with van der Waals surface area (Å²) in [6, 6.07) is 7.19. The zero-order valence-electron chi connectivity index (χ0n) is 8.96. The highest BCUT2D eigenvalue weighted by atomic mass is 16.3. The summed E-state index contributed by atoms with van der Waals surface area (Å²) in [5.74, 6) is 0.343. The summed E-state index contributed by atoms with van der Waals surface area (Å²) in [5, 5.41) is 10.1. The van der Waals surface area contributed by atoms with Crippen LogP contribution in [-0.4, -0.2) is 15.1 Å². The Morgan fingerprint density at radius 3 is 2.69 bits per heavy atom. The van der Waals surface area contributed by atoms with Crippen LogP contribution in [-0.2, 0) is 0 Å². The maximum absolute atomic E-state index is 10.1. The molecule has 0 fully saturated rings. The van der Waals surface area contributed by atoms with E-state index in [4.69, 9.17) is 5.73 Å². The number of aliphatic hydroxyl groups is 1. The van der Waals surface area contributed by atoms with Crippen LogP contribution < -0.4 is 5.73 Å². The molecule has 2 rings (SSSR count). The van der Waals surface area contributed by atoms with E-state index in [1.165, 1.54) is 0 Å². The monoisotopic (exact) mass is 215 g/mol. The molecule has 16 heavy (non-hydrogen) atoms. The van der Waals surface area contributed by atoms with Crippen LogP contribution in [0.3, 0.4) is 0 Å². The smallest absolute Gasteiger partial charge is 0.129 e. The topological polar surface area (TPSA) is 72.0 Å². The Balaban J connectivity index is 2.35. The molecule has 1 atom stereocenters. The van der Waals surface area contributed by atoms with Gasteiger partial charge in [-0.1, -0.05) is 12.1 Å². The van der Waals surface area contributed by atoms with Gasteiger partial charge < -0.3 is 10.8 Å². The summed E-state index contributed by atoms with van der Waals surface area (Å²) in [5.41, 5.74) is 7.93. The van der Waals surface area contributed by atoms with E-state index >= 15 is 0 Å². The van der Waals surface area contributed by atoms with Crippen molar-refractivity contribution >= 4 is 5.82 Å². The average Bonchev–Trinajstić information content (AvgIpc) is 2.30. The average molecular weight is 215 g/mol. The number of hydrogen-bond acceptors (Lipinski definition) is 4. The van der Waals surface area contributed by atoms with Crippen LogP contribution in [0.25, 0.3) is 0 Å². The molecule has 0 bridgehead atoms. The van der Waals surface area contributed by atoms with Crippen LogP contribution in [0.15, 0.2) is 36.7 Å². The Bertz CT molecular complexity index is 482. The Morgan fingerprint density at radius 1 is 1.25 bits per heavy atom. The summed E-state index contributed by atoms with van der Waals surface area (Å²) in [4.78, 5) is 8.07. The Morgan fingerprint density at radius 2 is 2.06 bits per heavy atom. The Kier molecular flexibility index (Phi) is 2.83. The maximum atomic E-state index is 10.1. The van der Waals surface area contributed by atoms with Gasteiger partial charge in [0.25, 0.3) is 0 Å². The maximum Gasteiger partial charge on any atom is 0.129 e. The molecule has 0 saturated carbocycles. The van der Waals surface area contributed by atoms with Crippen LogP contribution in [0.1, 0.15) is 22.9 Å². The predicted octanol–water partition coefficient (Wildman–Crippen LogP) is 1.45. The van der Waals surface area contributed by atoms with Crippen molar-refractivity contribution in [3.8, 4) is 0 Å². The molecule has 2 aromatic rings. The van der Waals surface area contributed by atoms with E-state index in [-0.39, 0.29) is 0 Å². The molecule has 0 aliphatic heterocycles. The summed E-state index contributed by atoms with van der Waals surface area (Å²) >= 11 is 0. The van der Waals surface area contributed by atoms with Crippen molar-refractivity contribution in [1.82, 2.24) is 9.97 Å². The fourth-order valence-corrected chi connectivity index (χ4v) is 1.48. The minimum absolute atomic E-state index is 0.343. The van der Waals surface area contributed by atoms with Gasteiger partial charge in [0.1, 0.15) is 11.9 Å². The van der Waals surface area contributed by atoms with Crippen LogP contribution in [0.2, 0.25) is 0 Å². The second-order valence-corrected chi connectivity index (χ2v) is 3.61. The first-order valence-corrected chi connectivity index (χ1v) is 4.99. The molecule has 0 radical (unpaired) electrons. The van der Waals surface area contributed by atoms with E-state index in [0.29, 0.717) is 16.9 Å². The molecule has 0 saturated heterocycles. The van der Waals surface area contributed by atoms with Crippen molar-refractivity contribution < 1.29 is 5.11 Å². The number of nitrogens with two attached hydrogens (primary N) is 1. The van der Waals surface area contributed by atoms with Gasteiger partial charge >= 0.3 is 0 Å². The molecular weight excluding hydrogens is 202 g/mol. The third-order valence-electron chi connectivity index (χ3n) is 2.42. The summed E-state index contributed by atoms with van der Waals surface area (Å²) < 4.78 is 0. The molecule has 4 nitrogen and oxygen atoms in total. The Hall–Kier alpha value is -1.94. The molecule has 0 aliphatic carbocycles. The lowest BCUT2D eigenvalue weighted by atomic mass is 10.0. The van der Waals surface area contributed by atoms with Crippen LogP contribution in [0.4, 0.5) is 5.82 Å². The summed E-state index contributed by atoms with van der Waals surface area (Å²) in [7, 11) is 0. The van der Waals surface area contributed by atoms with Gasteiger partial charge in [0, 0.05) is 29.2 Å². The highest BCUT2D eigenvalue weighted by Crippen LogP contribution is 2.24. The standard InChI is InChI=1S/C12H13N3O/c1-8-4-5-9(7-15-8)11(16)10-3-2-6-14-12(10)13/h2-7,11,16H,1H3,(H2,13,14). The van der Waals surface area contributed by atoms with Crippen LogP contribution in [0.5, 0.6) is 0 Å². The van der Waals surface area contributed by atoms with Gasteiger partial charge in [-0.3, -0.25) is 4.98 Å². The van der Waals surface area contributed by atoms with Gasteiger partial charge in [-0.05, 0) is 19.1 Å². The quantitative estimate of drug-likeness (QED) is 0.795. The molecule has 0 aliphatic rings. The second-order valence-electron chi connectivity index (χ2n) is 3.61. The molecule has 82 valence electrons. The third-order valence-corrected chi connectivity index (χ3v) is 2.42. The number of rotatable bonds is 2.